The molecule has 2 amide bonds. The second-order valence-electron chi connectivity index (χ2n) is 9.42. The smallest absolute Gasteiger partial charge is 0.497 e. The Kier molecular flexibility index (Phi) is 7.94. The van der Waals surface area contributed by atoms with E-state index in [0.29, 0.717) is 5.30 Å². The van der Waals surface area contributed by atoms with Gasteiger partial charge in [-0.2, -0.15) is 0 Å². The average molecular weight is 582 g/mol. The molecule has 3 aromatic rings. The van der Waals surface area contributed by atoms with Crippen LogP contribution in [0.1, 0.15) is 21.8 Å². The predicted octanol–water partition coefficient (Wildman–Crippen LogP) is 5.05. The van der Waals surface area contributed by atoms with E-state index in [-0.39, 0.29) is 23.5 Å². The Morgan fingerprint density at radius 1 is 1.00 bits per heavy atom. The molecule has 1 aliphatic rings. The summed E-state index contributed by atoms with van der Waals surface area (Å²) in [5.74, 6) is -5.48. The maximum Gasteiger partial charge on any atom is 0.573 e. The van der Waals surface area contributed by atoms with E-state index in [2.05, 4.69) is 10.1 Å². The van der Waals surface area contributed by atoms with E-state index in [1.165, 1.54) is 25.3 Å². The summed E-state index contributed by atoms with van der Waals surface area (Å²) in [6, 6.07) is 10.8. The lowest BCUT2D eigenvalue weighted by Gasteiger charge is -2.22. The number of ether oxygens (including phenoxy) is 2. The van der Waals surface area contributed by atoms with Crippen molar-refractivity contribution in [3.63, 3.8) is 0 Å². The van der Waals surface area contributed by atoms with Crippen LogP contribution in [0.4, 0.5) is 27.6 Å². The fourth-order valence-electron chi connectivity index (χ4n) is 4.58. The van der Waals surface area contributed by atoms with E-state index >= 15 is 8.78 Å². The van der Waals surface area contributed by atoms with Crippen molar-refractivity contribution in [3.8, 4) is 11.5 Å². The van der Waals surface area contributed by atoms with E-state index in [1.807, 2.05) is 0 Å². The fraction of sp³-hybridized carbons (Fsp3) is 0.259. The van der Waals surface area contributed by atoms with Crippen molar-refractivity contribution in [1.29, 1.82) is 0 Å². The van der Waals surface area contributed by atoms with Gasteiger partial charge in [-0.1, -0.05) is 12.1 Å². The van der Waals surface area contributed by atoms with Crippen LogP contribution in [0, 0.1) is 11.6 Å². The first kappa shape index (κ1) is 29.1. The largest absolute Gasteiger partial charge is 0.573 e. The van der Waals surface area contributed by atoms with Crippen LogP contribution in [0.3, 0.4) is 0 Å². The monoisotopic (exact) mass is 582 g/mol. The molecular formula is C27H24F5N2O5P. The molecule has 2 atom stereocenters. The molecule has 1 N–H and O–H groups in total. The number of halogens is 5. The number of hydrogen-bond acceptors (Lipinski definition) is 5. The lowest BCUT2D eigenvalue weighted by Crippen LogP contribution is -2.44. The molecule has 1 heterocycles. The first-order chi connectivity index (χ1) is 18.7. The number of para-hydroxylation sites is 1. The van der Waals surface area contributed by atoms with Gasteiger partial charge in [-0.15, -0.1) is 13.2 Å². The molecule has 0 aromatic heterocycles. The molecule has 1 fully saturated rings. The molecule has 40 heavy (non-hydrogen) atoms. The van der Waals surface area contributed by atoms with Crippen molar-refractivity contribution >= 4 is 29.9 Å². The van der Waals surface area contributed by atoms with Crippen molar-refractivity contribution in [2.45, 2.75) is 18.3 Å². The zero-order chi connectivity index (χ0) is 29.4. The molecule has 3 aromatic carbocycles. The minimum absolute atomic E-state index is 0.0927. The Morgan fingerprint density at radius 3 is 2.15 bits per heavy atom. The maximum absolute atomic E-state index is 15.2. The Balaban J connectivity index is 1.73. The third-order valence-electron chi connectivity index (χ3n) is 6.36. The van der Waals surface area contributed by atoms with Crippen LogP contribution in [0.15, 0.2) is 60.7 Å². The van der Waals surface area contributed by atoms with E-state index < -0.39 is 60.2 Å². The molecule has 212 valence electrons. The highest BCUT2D eigenvalue weighted by Crippen LogP contribution is 2.42. The van der Waals surface area contributed by atoms with Gasteiger partial charge in [0.1, 0.15) is 36.3 Å². The van der Waals surface area contributed by atoms with Gasteiger partial charge in [0, 0.05) is 41.0 Å². The summed E-state index contributed by atoms with van der Waals surface area (Å²) < 4.78 is 89.5. The topological polar surface area (TPSA) is 84.9 Å². The zero-order valence-electron chi connectivity index (χ0n) is 21.5. The van der Waals surface area contributed by atoms with E-state index in [9.17, 15) is 27.3 Å². The lowest BCUT2D eigenvalue weighted by atomic mass is 9.92. The van der Waals surface area contributed by atoms with Crippen LogP contribution >= 0.6 is 7.14 Å². The summed E-state index contributed by atoms with van der Waals surface area (Å²) in [5, 5.41) is 2.84. The molecule has 0 unspecified atom stereocenters. The third-order valence-corrected chi connectivity index (χ3v) is 7.90. The molecule has 13 heteroatoms. The van der Waals surface area contributed by atoms with Gasteiger partial charge in [-0.25, -0.2) is 8.78 Å². The van der Waals surface area contributed by atoms with Crippen molar-refractivity contribution in [2.24, 2.45) is 0 Å². The molecule has 0 saturated carbocycles. The van der Waals surface area contributed by atoms with Crippen molar-refractivity contribution < 1.29 is 45.6 Å². The standard InChI is InChI=1S/C27H24F5N2O5P/c1-38-17-12-19(28)23(20(29)13-17)18-14-34(21-6-4-5-7-22(21)40(2,3)37)26(36)24(18)33-25(35)15-8-10-16(11-9-15)39-27(30,31)32/h4-13,18,24H,14H2,1-3H3,(H,33,35)/t18-,24-/m0/s1. The maximum atomic E-state index is 15.2. The highest BCUT2D eigenvalue weighted by atomic mass is 31.2. The number of amides is 2. The molecule has 0 aliphatic carbocycles. The summed E-state index contributed by atoms with van der Waals surface area (Å²) in [6.07, 6.45) is -4.93. The minimum Gasteiger partial charge on any atom is -0.497 e. The van der Waals surface area contributed by atoms with Gasteiger partial charge in [0.2, 0.25) is 5.91 Å². The second-order valence-corrected chi connectivity index (χ2v) is 12.6. The molecule has 1 aliphatic heterocycles. The number of nitrogens with one attached hydrogen (secondary N) is 1. The summed E-state index contributed by atoms with van der Waals surface area (Å²) in [6.45, 7) is 2.76. The van der Waals surface area contributed by atoms with Gasteiger partial charge < -0.3 is 24.3 Å². The minimum atomic E-state index is -4.93. The number of carbonyl (C=O) groups is 2. The zero-order valence-corrected chi connectivity index (χ0v) is 22.4. The Labute approximate surface area is 226 Å². The number of anilines is 1. The van der Waals surface area contributed by atoms with Crippen LogP contribution in [0.25, 0.3) is 0 Å². The van der Waals surface area contributed by atoms with Gasteiger partial charge in [-0.05, 0) is 49.7 Å². The Morgan fingerprint density at radius 2 is 1.60 bits per heavy atom. The van der Waals surface area contributed by atoms with Gasteiger partial charge in [-0.3, -0.25) is 9.59 Å². The first-order valence-electron chi connectivity index (χ1n) is 11.8. The predicted molar refractivity (Wildman–Crippen MR) is 138 cm³/mol. The van der Waals surface area contributed by atoms with E-state index in [0.717, 1.165) is 36.4 Å². The molecule has 1 saturated heterocycles. The van der Waals surface area contributed by atoms with Crippen LogP contribution in [0.5, 0.6) is 11.5 Å². The van der Waals surface area contributed by atoms with E-state index in [1.54, 1.807) is 24.3 Å². The quantitative estimate of drug-likeness (QED) is 0.312. The van der Waals surface area contributed by atoms with Gasteiger partial charge in [0.25, 0.3) is 5.91 Å². The van der Waals surface area contributed by atoms with Crippen LogP contribution in [-0.4, -0.2) is 51.2 Å². The molecule has 7 nitrogen and oxygen atoms in total. The molecule has 0 spiro atoms. The molecular weight excluding hydrogens is 558 g/mol. The van der Waals surface area contributed by atoms with Gasteiger partial charge in [0.15, 0.2) is 0 Å². The summed E-state index contributed by atoms with van der Waals surface area (Å²) in [4.78, 5) is 28.0. The first-order valence-corrected chi connectivity index (χ1v) is 14.5. The number of benzene rings is 3. The highest BCUT2D eigenvalue weighted by molar-refractivity contribution is 7.70. The Hall–Kier alpha value is -3.92. The Bertz CT molecular complexity index is 1470. The number of carbonyl (C=O) groups excluding carboxylic acids is 2. The van der Waals surface area contributed by atoms with E-state index in [4.69, 9.17) is 4.74 Å². The number of rotatable bonds is 7. The number of nitrogens with zero attached hydrogens (tertiary/aromatic N) is 1. The summed E-state index contributed by atoms with van der Waals surface area (Å²) >= 11 is 0. The number of alkyl halides is 3. The molecule has 0 bridgehead atoms. The third kappa shape index (κ3) is 6.12. The summed E-state index contributed by atoms with van der Waals surface area (Å²) in [7, 11) is -1.68. The van der Waals surface area contributed by atoms with Crippen molar-refractivity contribution in [1.82, 2.24) is 5.32 Å². The fourth-order valence-corrected chi connectivity index (χ4v) is 5.77. The normalized spacial score (nSPS) is 17.6. The number of hydrogen-bond donors (Lipinski definition) is 1. The highest BCUT2D eigenvalue weighted by Gasteiger charge is 2.46. The van der Waals surface area contributed by atoms with Crippen molar-refractivity contribution in [3.05, 3.63) is 83.4 Å². The average Bonchev–Trinajstić information content (AvgIpc) is 3.17. The summed E-state index contributed by atoms with van der Waals surface area (Å²) in [5.41, 5.74) is -0.322. The van der Waals surface area contributed by atoms with Crippen LogP contribution in [0.2, 0.25) is 0 Å². The van der Waals surface area contributed by atoms with Gasteiger partial charge in [0.05, 0.1) is 12.8 Å². The second kappa shape index (κ2) is 10.9. The lowest BCUT2D eigenvalue weighted by molar-refractivity contribution is -0.274. The van der Waals surface area contributed by atoms with Crippen molar-refractivity contribution in [2.75, 3.05) is 31.9 Å². The molecule has 4 rings (SSSR count). The molecule has 0 radical (unpaired) electrons. The van der Waals surface area contributed by atoms with Crippen LogP contribution in [-0.2, 0) is 9.36 Å². The number of methoxy groups -OCH3 is 1. The SMILES string of the molecule is COc1cc(F)c([C@@H]2CN(c3ccccc3P(C)(C)=O)C(=O)[C@H]2NC(=O)c2ccc(OC(F)(F)F)cc2)c(F)c1. The van der Waals surface area contributed by atoms with Crippen LogP contribution < -0.4 is 25.0 Å². The van der Waals surface area contributed by atoms with Gasteiger partial charge >= 0.3 is 6.36 Å².